The SMILES string of the molecule is c1ccc(-c2nc(-c3ccccc3)c3cccc(-n4c5cccc6c7cccc8c9ccccc9n(c9cccc4c9c65)c78)c3n2)cc1. The maximum Gasteiger partial charge on any atom is 0.160 e. The second kappa shape index (κ2) is 9.50. The first-order valence-corrected chi connectivity index (χ1v) is 16.4. The van der Waals surface area contributed by atoms with Gasteiger partial charge in [0.05, 0.1) is 44.5 Å². The van der Waals surface area contributed by atoms with Crippen LogP contribution >= 0.6 is 0 Å². The van der Waals surface area contributed by atoms with Crippen molar-refractivity contribution < 1.29 is 0 Å². The minimum Gasteiger partial charge on any atom is -0.308 e. The molecule has 11 aromatic rings. The molecule has 7 aromatic carbocycles. The third-order valence-electron chi connectivity index (χ3n) is 10.0. The first kappa shape index (κ1) is 25.6. The molecule has 4 aromatic heterocycles. The number of hydrogen-bond donors (Lipinski definition) is 0. The van der Waals surface area contributed by atoms with Gasteiger partial charge < -0.3 is 8.97 Å². The molecule has 0 unspecified atom stereocenters. The van der Waals surface area contributed by atoms with E-state index in [1.54, 1.807) is 0 Å². The van der Waals surface area contributed by atoms with Crippen LogP contribution in [0.15, 0.2) is 158 Å². The normalized spacial score (nSPS) is 12.2. The van der Waals surface area contributed by atoms with Gasteiger partial charge in [-0.05, 0) is 35.7 Å². The van der Waals surface area contributed by atoms with E-state index >= 15 is 0 Å². The highest BCUT2D eigenvalue weighted by Gasteiger charge is 2.23. The Bertz CT molecular complexity index is 3040. The summed E-state index contributed by atoms with van der Waals surface area (Å²) in [5, 5.41) is 8.59. The zero-order valence-corrected chi connectivity index (χ0v) is 25.8. The van der Waals surface area contributed by atoms with Crippen molar-refractivity contribution in [2.75, 3.05) is 0 Å². The van der Waals surface area contributed by atoms with Gasteiger partial charge in [0.1, 0.15) is 0 Å². The first-order chi connectivity index (χ1) is 23.8. The largest absolute Gasteiger partial charge is 0.308 e. The summed E-state index contributed by atoms with van der Waals surface area (Å²) < 4.78 is 4.91. The molecule has 0 spiro atoms. The van der Waals surface area contributed by atoms with Crippen LogP contribution in [0.25, 0.3) is 99.1 Å². The van der Waals surface area contributed by atoms with E-state index in [1.807, 2.05) is 24.3 Å². The summed E-state index contributed by atoms with van der Waals surface area (Å²) >= 11 is 0. The van der Waals surface area contributed by atoms with Gasteiger partial charge in [-0.3, -0.25) is 0 Å². The van der Waals surface area contributed by atoms with Crippen LogP contribution < -0.4 is 0 Å². The fourth-order valence-corrected chi connectivity index (χ4v) is 8.10. The molecule has 0 saturated heterocycles. The highest BCUT2D eigenvalue weighted by molar-refractivity contribution is 6.31. The average Bonchev–Trinajstić information content (AvgIpc) is 3.64. The van der Waals surface area contributed by atoms with Crippen molar-refractivity contribution in [3.63, 3.8) is 0 Å². The van der Waals surface area contributed by atoms with Gasteiger partial charge >= 0.3 is 0 Å². The van der Waals surface area contributed by atoms with Crippen LogP contribution in [0.3, 0.4) is 0 Å². The summed E-state index contributed by atoms with van der Waals surface area (Å²) in [4.78, 5) is 10.5. The number of fused-ring (bicyclic) bond motifs is 6. The molecule has 0 amide bonds. The van der Waals surface area contributed by atoms with Gasteiger partial charge in [0.25, 0.3) is 0 Å². The highest BCUT2D eigenvalue weighted by Crippen LogP contribution is 2.45. The molecule has 0 N–H and O–H groups in total. The van der Waals surface area contributed by atoms with Crippen molar-refractivity contribution >= 4 is 70.8 Å². The molecule has 11 rings (SSSR count). The van der Waals surface area contributed by atoms with Crippen LogP contribution in [0.5, 0.6) is 0 Å². The monoisotopic (exact) mass is 610 g/mol. The molecule has 0 atom stereocenters. The molecule has 222 valence electrons. The summed E-state index contributed by atoms with van der Waals surface area (Å²) in [5.74, 6) is 0.716. The summed E-state index contributed by atoms with van der Waals surface area (Å²) in [6.07, 6.45) is 0. The highest BCUT2D eigenvalue weighted by atomic mass is 15.0. The fourth-order valence-electron chi connectivity index (χ4n) is 8.10. The van der Waals surface area contributed by atoms with Crippen LogP contribution in [0.2, 0.25) is 0 Å². The van der Waals surface area contributed by atoms with Crippen LogP contribution in [-0.2, 0) is 0 Å². The standard InChI is InChI=1S/C44H26N4/c1-3-13-27(14-4-1)41-33-21-11-26-38(42(33)46-44(45-41)28-15-5-2-6-16-28)47-35-23-10-18-30-32-20-9-19-31-29-17-7-8-22-34(29)48(43(31)32)37-25-12-24-36(47)40(37)39(30)35/h1-26H. The molecule has 0 saturated carbocycles. The number of hydrogen-bond acceptors (Lipinski definition) is 2. The molecule has 4 heterocycles. The molecule has 0 aliphatic rings. The predicted octanol–water partition coefficient (Wildman–Crippen LogP) is 11.2. The van der Waals surface area contributed by atoms with E-state index in [-0.39, 0.29) is 0 Å². The van der Waals surface area contributed by atoms with Crippen LogP contribution in [0, 0.1) is 0 Å². The van der Waals surface area contributed by atoms with Gasteiger partial charge in [-0.25, -0.2) is 9.97 Å². The van der Waals surface area contributed by atoms with E-state index in [1.165, 1.54) is 48.9 Å². The molecule has 0 aliphatic heterocycles. The molecular weight excluding hydrogens is 585 g/mol. The molecule has 4 heteroatoms. The molecule has 4 nitrogen and oxygen atoms in total. The number of rotatable bonds is 3. The van der Waals surface area contributed by atoms with Crippen molar-refractivity contribution in [3.05, 3.63) is 158 Å². The van der Waals surface area contributed by atoms with E-state index in [0.29, 0.717) is 5.82 Å². The number of aromatic nitrogens is 4. The van der Waals surface area contributed by atoms with E-state index in [0.717, 1.165) is 44.4 Å². The summed E-state index contributed by atoms with van der Waals surface area (Å²) in [7, 11) is 0. The van der Waals surface area contributed by atoms with Crippen molar-refractivity contribution in [2.24, 2.45) is 0 Å². The van der Waals surface area contributed by atoms with Crippen LogP contribution in [-0.4, -0.2) is 18.9 Å². The maximum atomic E-state index is 5.34. The van der Waals surface area contributed by atoms with Crippen LogP contribution in [0.4, 0.5) is 0 Å². The first-order valence-electron chi connectivity index (χ1n) is 16.4. The third-order valence-corrected chi connectivity index (χ3v) is 10.0. The third kappa shape index (κ3) is 3.33. The van der Waals surface area contributed by atoms with Crippen molar-refractivity contribution in [1.82, 2.24) is 18.9 Å². The van der Waals surface area contributed by atoms with Crippen molar-refractivity contribution in [3.8, 4) is 28.3 Å². The second-order valence-electron chi connectivity index (χ2n) is 12.6. The van der Waals surface area contributed by atoms with Gasteiger partial charge in [0.15, 0.2) is 5.82 Å². The zero-order valence-electron chi connectivity index (χ0n) is 25.8. The maximum absolute atomic E-state index is 5.34. The lowest BCUT2D eigenvalue weighted by Crippen LogP contribution is -2.01. The Morgan fingerprint density at radius 2 is 0.938 bits per heavy atom. The van der Waals surface area contributed by atoms with Gasteiger partial charge in [-0.1, -0.05) is 127 Å². The number of benzene rings is 7. The fraction of sp³-hybridized carbons (Fsp3) is 0. The molecule has 0 aliphatic carbocycles. The van der Waals surface area contributed by atoms with Crippen molar-refractivity contribution in [1.29, 1.82) is 0 Å². The Hall–Kier alpha value is -6.52. The molecule has 0 radical (unpaired) electrons. The van der Waals surface area contributed by atoms with Gasteiger partial charge in [0, 0.05) is 43.4 Å². The van der Waals surface area contributed by atoms with Gasteiger partial charge in [0.2, 0.25) is 0 Å². The zero-order chi connectivity index (χ0) is 31.3. The molecule has 0 bridgehead atoms. The Morgan fingerprint density at radius 3 is 1.77 bits per heavy atom. The van der Waals surface area contributed by atoms with Crippen molar-refractivity contribution in [2.45, 2.75) is 0 Å². The van der Waals surface area contributed by atoms with E-state index in [4.69, 9.17) is 9.97 Å². The predicted molar refractivity (Wildman–Crippen MR) is 199 cm³/mol. The minimum absolute atomic E-state index is 0.716. The van der Waals surface area contributed by atoms with Crippen LogP contribution in [0.1, 0.15) is 0 Å². The van der Waals surface area contributed by atoms with E-state index in [9.17, 15) is 0 Å². The topological polar surface area (TPSA) is 35.1 Å². The Kier molecular flexibility index (Phi) is 5.08. The van der Waals surface area contributed by atoms with Gasteiger partial charge in [-0.15, -0.1) is 0 Å². The molecule has 48 heavy (non-hydrogen) atoms. The molecular formula is C44H26N4. The van der Waals surface area contributed by atoms with E-state index in [2.05, 4.69) is 142 Å². The Morgan fingerprint density at radius 1 is 0.375 bits per heavy atom. The summed E-state index contributed by atoms with van der Waals surface area (Å²) in [5.41, 5.74) is 11.0. The quantitative estimate of drug-likeness (QED) is 0.199. The molecule has 0 fully saturated rings. The minimum atomic E-state index is 0.716. The Labute approximate surface area is 275 Å². The average molecular weight is 611 g/mol. The summed E-state index contributed by atoms with van der Waals surface area (Å²) in [6, 6.07) is 56.3. The Balaban J connectivity index is 1.35. The lowest BCUT2D eigenvalue weighted by Gasteiger charge is -2.15. The summed E-state index contributed by atoms with van der Waals surface area (Å²) in [6.45, 7) is 0. The smallest absolute Gasteiger partial charge is 0.160 e. The number of nitrogens with zero attached hydrogens (tertiary/aromatic N) is 4. The number of para-hydroxylation sites is 3. The van der Waals surface area contributed by atoms with Gasteiger partial charge in [-0.2, -0.15) is 0 Å². The second-order valence-corrected chi connectivity index (χ2v) is 12.6. The lowest BCUT2D eigenvalue weighted by molar-refractivity contribution is 1.16. The van der Waals surface area contributed by atoms with E-state index < -0.39 is 0 Å². The lowest BCUT2D eigenvalue weighted by atomic mass is 10.0.